The Morgan fingerprint density at radius 3 is 2.76 bits per heavy atom. The largest absolute Gasteiger partial charge is 0.506 e. The highest BCUT2D eigenvalue weighted by molar-refractivity contribution is 5.72. The van der Waals surface area contributed by atoms with Crippen molar-refractivity contribution in [3.05, 3.63) is 54.5 Å². The van der Waals surface area contributed by atoms with Crippen LogP contribution in [0.2, 0.25) is 0 Å². The van der Waals surface area contributed by atoms with Crippen LogP contribution in [0.4, 0.5) is 0 Å². The van der Waals surface area contributed by atoms with Gasteiger partial charge in [-0.3, -0.25) is 0 Å². The van der Waals surface area contributed by atoms with Crippen molar-refractivity contribution in [3.8, 4) is 5.75 Å². The second-order valence-corrected chi connectivity index (χ2v) is 3.89. The number of pyridine rings is 1. The average Bonchev–Trinajstić information content (AvgIpc) is 2.73. The van der Waals surface area contributed by atoms with Crippen molar-refractivity contribution < 1.29 is 5.11 Å². The molecule has 0 bridgehead atoms. The maximum atomic E-state index is 9.32. The molecule has 0 spiro atoms. The second kappa shape index (κ2) is 3.90. The van der Waals surface area contributed by atoms with Crippen molar-refractivity contribution in [2.75, 3.05) is 0 Å². The summed E-state index contributed by atoms with van der Waals surface area (Å²) in [5, 5.41) is 9.32. The molecule has 0 saturated heterocycles. The van der Waals surface area contributed by atoms with Gasteiger partial charge in [0.15, 0.2) is 5.65 Å². The van der Waals surface area contributed by atoms with Crippen LogP contribution in [-0.4, -0.2) is 19.6 Å². The number of hydrogen-bond donors (Lipinski definition) is 1. The van der Waals surface area contributed by atoms with Gasteiger partial charge in [0.1, 0.15) is 11.3 Å². The van der Waals surface area contributed by atoms with Gasteiger partial charge in [0.25, 0.3) is 0 Å². The minimum Gasteiger partial charge on any atom is -0.506 e. The fraction of sp³-hybridized carbons (Fsp3) is 0.0769. The highest BCUT2D eigenvalue weighted by atomic mass is 16.3. The van der Waals surface area contributed by atoms with Gasteiger partial charge in [-0.1, -0.05) is 30.3 Å². The highest BCUT2D eigenvalue weighted by Crippen LogP contribution is 2.16. The molecule has 4 nitrogen and oxygen atoms in total. The molecule has 3 aromatic rings. The van der Waals surface area contributed by atoms with Crippen molar-refractivity contribution >= 4 is 11.2 Å². The number of benzene rings is 1. The molecule has 2 heterocycles. The zero-order valence-electron chi connectivity index (χ0n) is 9.11. The monoisotopic (exact) mass is 225 g/mol. The van der Waals surface area contributed by atoms with E-state index in [9.17, 15) is 5.11 Å². The molecule has 0 unspecified atom stereocenters. The van der Waals surface area contributed by atoms with Crippen LogP contribution in [0.1, 0.15) is 5.56 Å². The Morgan fingerprint density at radius 2 is 1.94 bits per heavy atom. The molecule has 0 atom stereocenters. The summed E-state index contributed by atoms with van der Waals surface area (Å²) in [6, 6.07) is 11.7. The van der Waals surface area contributed by atoms with Crippen molar-refractivity contribution in [1.29, 1.82) is 0 Å². The topological polar surface area (TPSA) is 50.9 Å². The number of nitrogens with zero attached hydrogens (tertiary/aromatic N) is 3. The van der Waals surface area contributed by atoms with E-state index in [-0.39, 0.29) is 5.75 Å². The molecule has 4 heteroatoms. The maximum absolute atomic E-state index is 9.32. The van der Waals surface area contributed by atoms with Crippen LogP contribution in [0.3, 0.4) is 0 Å². The molecule has 1 aromatic carbocycles. The molecule has 0 fully saturated rings. The summed E-state index contributed by atoms with van der Waals surface area (Å²) in [6.07, 6.45) is 3.18. The van der Waals surface area contributed by atoms with Crippen molar-refractivity contribution in [3.63, 3.8) is 0 Å². The number of aromatic nitrogens is 3. The Balaban J connectivity index is 2.01. The summed E-state index contributed by atoms with van der Waals surface area (Å²) in [7, 11) is 0. The summed E-state index contributed by atoms with van der Waals surface area (Å²) >= 11 is 0. The van der Waals surface area contributed by atoms with Crippen LogP contribution in [-0.2, 0) is 6.54 Å². The molecule has 17 heavy (non-hydrogen) atoms. The molecule has 0 radical (unpaired) electrons. The first-order valence-electron chi connectivity index (χ1n) is 5.37. The zero-order chi connectivity index (χ0) is 11.7. The number of hydrogen-bond acceptors (Lipinski definition) is 3. The van der Waals surface area contributed by atoms with Crippen LogP contribution >= 0.6 is 0 Å². The van der Waals surface area contributed by atoms with Gasteiger partial charge in [0.2, 0.25) is 0 Å². The summed E-state index contributed by atoms with van der Waals surface area (Å²) in [4.78, 5) is 8.40. The standard InChI is InChI=1S/C13H11N3O/c17-11-6-12-13(14-7-11)16(9-15-12)8-10-4-2-1-3-5-10/h1-7,9,17H,8H2. The van der Waals surface area contributed by atoms with Gasteiger partial charge in [0, 0.05) is 6.07 Å². The normalized spacial score (nSPS) is 10.8. The fourth-order valence-corrected chi connectivity index (χ4v) is 1.83. The van der Waals surface area contributed by atoms with Crippen LogP contribution in [0, 0.1) is 0 Å². The molecular weight excluding hydrogens is 214 g/mol. The molecule has 0 aliphatic carbocycles. The van der Waals surface area contributed by atoms with Gasteiger partial charge in [0.05, 0.1) is 19.1 Å². The van der Waals surface area contributed by atoms with E-state index in [4.69, 9.17) is 0 Å². The first kappa shape index (κ1) is 9.84. The van der Waals surface area contributed by atoms with E-state index in [1.807, 2.05) is 22.8 Å². The van der Waals surface area contributed by atoms with Crippen molar-refractivity contribution in [2.45, 2.75) is 6.54 Å². The average molecular weight is 225 g/mol. The number of aromatic hydroxyl groups is 1. The number of fused-ring (bicyclic) bond motifs is 1. The van der Waals surface area contributed by atoms with Crippen LogP contribution in [0.25, 0.3) is 11.2 Å². The van der Waals surface area contributed by atoms with E-state index >= 15 is 0 Å². The third-order valence-corrected chi connectivity index (χ3v) is 2.64. The van der Waals surface area contributed by atoms with Gasteiger partial charge < -0.3 is 9.67 Å². The summed E-state index contributed by atoms with van der Waals surface area (Å²) < 4.78 is 1.96. The van der Waals surface area contributed by atoms with E-state index in [1.165, 1.54) is 11.8 Å². The molecule has 3 rings (SSSR count). The fourth-order valence-electron chi connectivity index (χ4n) is 1.83. The second-order valence-electron chi connectivity index (χ2n) is 3.89. The predicted molar refractivity (Wildman–Crippen MR) is 64.7 cm³/mol. The molecule has 2 aromatic heterocycles. The van der Waals surface area contributed by atoms with Crippen molar-refractivity contribution in [2.24, 2.45) is 0 Å². The molecule has 0 aliphatic rings. The minimum atomic E-state index is 0.141. The quantitative estimate of drug-likeness (QED) is 0.727. The Hall–Kier alpha value is -2.36. The summed E-state index contributed by atoms with van der Waals surface area (Å²) in [5.74, 6) is 0.141. The van der Waals surface area contributed by atoms with Gasteiger partial charge in [-0.2, -0.15) is 0 Å². The summed E-state index contributed by atoms with van der Waals surface area (Å²) in [6.45, 7) is 0.731. The van der Waals surface area contributed by atoms with E-state index in [0.717, 1.165) is 12.2 Å². The van der Waals surface area contributed by atoms with Gasteiger partial charge in [-0.25, -0.2) is 9.97 Å². The third kappa shape index (κ3) is 1.85. The lowest BCUT2D eigenvalue weighted by Gasteiger charge is -2.03. The lowest BCUT2D eigenvalue weighted by molar-refractivity contribution is 0.473. The van der Waals surface area contributed by atoms with Gasteiger partial charge in [-0.15, -0.1) is 0 Å². The summed E-state index contributed by atoms with van der Waals surface area (Å²) in [5.41, 5.74) is 2.69. The SMILES string of the molecule is Oc1cnc2c(c1)ncn2Cc1ccccc1. The minimum absolute atomic E-state index is 0.141. The smallest absolute Gasteiger partial charge is 0.160 e. The zero-order valence-corrected chi connectivity index (χ0v) is 9.11. The third-order valence-electron chi connectivity index (χ3n) is 2.64. The Kier molecular flexibility index (Phi) is 2.26. The van der Waals surface area contributed by atoms with Crippen LogP contribution in [0.5, 0.6) is 5.75 Å². The first-order chi connectivity index (χ1) is 8.33. The van der Waals surface area contributed by atoms with E-state index in [0.29, 0.717) is 5.52 Å². The number of imidazole rings is 1. The van der Waals surface area contributed by atoms with Gasteiger partial charge in [-0.05, 0) is 5.56 Å². The lowest BCUT2D eigenvalue weighted by atomic mass is 10.2. The number of rotatable bonds is 2. The Bertz CT molecular complexity index is 646. The molecule has 0 amide bonds. The Labute approximate surface area is 98.2 Å². The van der Waals surface area contributed by atoms with Crippen LogP contribution in [0.15, 0.2) is 48.9 Å². The maximum Gasteiger partial charge on any atom is 0.160 e. The molecular formula is C13H11N3O. The first-order valence-corrected chi connectivity index (χ1v) is 5.37. The van der Waals surface area contributed by atoms with Crippen LogP contribution < -0.4 is 0 Å². The van der Waals surface area contributed by atoms with Gasteiger partial charge >= 0.3 is 0 Å². The molecule has 0 aliphatic heterocycles. The van der Waals surface area contributed by atoms with Crippen molar-refractivity contribution in [1.82, 2.24) is 14.5 Å². The van der Waals surface area contributed by atoms with E-state index in [1.54, 1.807) is 12.4 Å². The molecule has 0 saturated carbocycles. The highest BCUT2D eigenvalue weighted by Gasteiger charge is 2.04. The predicted octanol–water partition coefficient (Wildman–Crippen LogP) is 2.19. The van der Waals surface area contributed by atoms with E-state index < -0.39 is 0 Å². The lowest BCUT2D eigenvalue weighted by Crippen LogP contribution is -1.98. The Morgan fingerprint density at radius 1 is 1.12 bits per heavy atom. The van der Waals surface area contributed by atoms with E-state index in [2.05, 4.69) is 22.1 Å². The molecule has 1 N–H and O–H groups in total. The molecule has 84 valence electrons.